The van der Waals surface area contributed by atoms with Gasteiger partial charge in [0.15, 0.2) is 0 Å². The fraction of sp³-hybridized carbons (Fsp3) is 0.267. The summed E-state index contributed by atoms with van der Waals surface area (Å²) in [5.41, 5.74) is 6.79. The number of halogens is 2. The smallest absolute Gasteiger partial charge is 0.137 e. The Bertz CT molecular complexity index is 1520. The molecule has 0 saturated carbocycles. The highest BCUT2D eigenvalue weighted by Gasteiger charge is 2.21. The third-order valence-corrected chi connectivity index (χ3v) is 7.10. The van der Waals surface area contributed by atoms with Gasteiger partial charge in [-0.1, -0.05) is 18.2 Å². The maximum Gasteiger partial charge on any atom is 0.137 e. The van der Waals surface area contributed by atoms with Gasteiger partial charge >= 0.3 is 0 Å². The first-order valence-corrected chi connectivity index (χ1v) is 12.8. The van der Waals surface area contributed by atoms with Crippen molar-refractivity contribution in [1.29, 1.82) is 0 Å². The quantitative estimate of drug-likeness (QED) is 0.339. The summed E-state index contributed by atoms with van der Waals surface area (Å²) >= 11 is 0. The molecular weight excluding hydrogens is 486 g/mol. The lowest BCUT2D eigenvalue weighted by Gasteiger charge is -2.30. The maximum atomic E-state index is 15.4. The maximum absolute atomic E-state index is 15.4. The number of pyridine rings is 2. The lowest BCUT2D eigenvalue weighted by atomic mass is 9.97. The average molecular weight is 515 g/mol. The molecule has 4 heterocycles. The van der Waals surface area contributed by atoms with Gasteiger partial charge in [0.1, 0.15) is 11.6 Å². The van der Waals surface area contributed by atoms with E-state index in [1.807, 2.05) is 25.1 Å². The molecule has 0 atom stereocenters. The molecule has 2 aliphatic rings. The third kappa shape index (κ3) is 4.73. The Hall–Kier alpha value is -3.88. The predicted molar refractivity (Wildman–Crippen MR) is 146 cm³/mol. The first-order valence-electron chi connectivity index (χ1n) is 12.8. The molecule has 0 aliphatic carbocycles. The zero-order valence-electron chi connectivity index (χ0n) is 21.1. The fourth-order valence-corrected chi connectivity index (χ4v) is 5.15. The van der Waals surface area contributed by atoms with Crippen molar-refractivity contribution in [3.63, 3.8) is 0 Å². The van der Waals surface area contributed by atoms with Crippen LogP contribution in [0.15, 0.2) is 60.8 Å². The lowest BCUT2D eigenvalue weighted by molar-refractivity contribution is 0.122. The molecule has 8 heteroatoms. The number of ether oxygens (including phenoxy) is 2. The summed E-state index contributed by atoms with van der Waals surface area (Å²) in [5, 5.41) is 3.80. The second-order valence-corrected chi connectivity index (χ2v) is 9.47. The monoisotopic (exact) mass is 514 g/mol. The van der Waals surface area contributed by atoms with Gasteiger partial charge in [-0.15, -0.1) is 0 Å². The van der Waals surface area contributed by atoms with E-state index in [1.54, 1.807) is 6.20 Å². The summed E-state index contributed by atoms with van der Waals surface area (Å²) in [7, 11) is 0. The standard InChI is InChI=1S/C30H28F2N4O2/c1-19-29(25-4-2-3-9-33-25)35-27-17-21(31)16-24(32)28(27)30(19)34-26-18-22(36-10-14-38-15-11-36)5-6-23(26)20-7-12-37-13-8-20/h2-7,9,16-18H,8,10-15H2,1H3,(H,34,35). The second-order valence-electron chi connectivity index (χ2n) is 9.47. The summed E-state index contributed by atoms with van der Waals surface area (Å²) in [6.07, 6.45) is 4.55. The Morgan fingerprint density at radius 1 is 0.974 bits per heavy atom. The molecule has 0 spiro atoms. The van der Waals surface area contributed by atoms with Crippen molar-refractivity contribution in [2.75, 3.05) is 49.7 Å². The van der Waals surface area contributed by atoms with E-state index < -0.39 is 11.6 Å². The SMILES string of the molecule is Cc1c(-c2ccccn2)nc2cc(F)cc(F)c2c1Nc1cc(N2CCOCC2)ccc1C1=CCOCC1. The van der Waals surface area contributed by atoms with Gasteiger partial charge in [0.25, 0.3) is 0 Å². The van der Waals surface area contributed by atoms with Crippen LogP contribution in [0.3, 0.4) is 0 Å². The summed E-state index contributed by atoms with van der Waals surface area (Å²) in [6, 6.07) is 14.0. The third-order valence-electron chi connectivity index (χ3n) is 7.10. The largest absolute Gasteiger partial charge is 0.378 e. The molecule has 1 fully saturated rings. The van der Waals surface area contributed by atoms with Crippen LogP contribution in [-0.4, -0.2) is 49.5 Å². The minimum Gasteiger partial charge on any atom is -0.378 e. The number of nitrogens with one attached hydrogen (secondary N) is 1. The van der Waals surface area contributed by atoms with Crippen LogP contribution in [0.4, 0.5) is 25.8 Å². The molecule has 6 rings (SSSR count). The van der Waals surface area contributed by atoms with Gasteiger partial charge in [0, 0.05) is 53.9 Å². The van der Waals surface area contributed by atoms with Crippen LogP contribution in [0.25, 0.3) is 27.9 Å². The van der Waals surface area contributed by atoms with Crippen molar-refractivity contribution < 1.29 is 18.3 Å². The number of fused-ring (bicyclic) bond motifs is 1. The Kier molecular flexibility index (Phi) is 6.74. The van der Waals surface area contributed by atoms with Crippen molar-refractivity contribution in [2.45, 2.75) is 13.3 Å². The van der Waals surface area contributed by atoms with Gasteiger partial charge in [-0.3, -0.25) is 4.98 Å². The van der Waals surface area contributed by atoms with Crippen molar-refractivity contribution in [3.05, 3.63) is 83.6 Å². The molecule has 2 aromatic carbocycles. The number of morpholine rings is 1. The van der Waals surface area contributed by atoms with Gasteiger partial charge in [0.2, 0.25) is 0 Å². The van der Waals surface area contributed by atoms with Gasteiger partial charge in [-0.05, 0) is 43.2 Å². The first-order chi connectivity index (χ1) is 18.6. The highest BCUT2D eigenvalue weighted by atomic mass is 19.1. The average Bonchev–Trinajstić information content (AvgIpc) is 2.95. The summed E-state index contributed by atoms with van der Waals surface area (Å²) < 4.78 is 40.8. The van der Waals surface area contributed by atoms with Crippen molar-refractivity contribution >= 4 is 33.5 Å². The fourth-order valence-electron chi connectivity index (χ4n) is 5.15. The Morgan fingerprint density at radius 3 is 2.61 bits per heavy atom. The number of benzene rings is 2. The summed E-state index contributed by atoms with van der Waals surface area (Å²) in [6.45, 7) is 6.02. The van der Waals surface area contributed by atoms with Crippen LogP contribution < -0.4 is 10.2 Å². The van der Waals surface area contributed by atoms with Gasteiger partial charge in [-0.25, -0.2) is 13.8 Å². The molecule has 194 valence electrons. The molecule has 38 heavy (non-hydrogen) atoms. The van der Waals surface area contributed by atoms with E-state index >= 15 is 4.39 Å². The van der Waals surface area contributed by atoms with E-state index in [4.69, 9.17) is 9.47 Å². The van der Waals surface area contributed by atoms with Crippen LogP contribution in [0.5, 0.6) is 0 Å². The van der Waals surface area contributed by atoms with Crippen LogP contribution in [0.2, 0.25) is 0 Å². The summed E-state index contributed by atoms with van der Waals surface area (Å²) in [4.78, 5) is 11.4. The first kappa shape index (κ1) is 24.5. The molecule has 4 aromatic rings. The number of nitrogens with zero attached hydrogens (tertiary/aromatic N) is 3. The van der Waals surface area contributed by atoms with Gasteiger partial charge in [0.05, 0.1) is 54.4 Å². The van der Waals surface area contributed by atoms with Crippen LogP contribution >= 0.6 is 0 Å². The van der Waals surface area contributed by atoms with E-state index in [2.05, 4.69) is 44.5 Å². The highest BCUT2D eigenvalue weighted by molar-refractivity contribution is 5.99. The molecule has 0 amide bonds. The lowest BCUT2D eigenvalue weighted by Crippen LogP contribution is -2.36. The molecular formula is C30H28F2N4O2. The zero-order valence-corrected chi connectivity index (χ0v) is 21.1. The molecule has 2 aliphatic heterocycles. The highest BCUT2D eigenvalue weighted by Crippen LogP contribution is 2.40. The van der Waals surface area contributed by atoms with E-state index in [-0.39, 0.29) is 10.9 Å². The molecule has 1 N–H and O–H groups in total. The van der Waals surface area contributed by atoms with E-state index in [9.17, 15) is 4.39 Å². The van der Waals surface area contributed by atoms with E-state index in [0.29, 0.717) is 43.5 Å². The molecule has 6 nitrogen and oxygen atoms in total. The topological polar surface area (TPSA) is 59.5 Å². The van der Waals surface area contributed by atoms with Crippen molar-refractivity contribution in [3.8, 4) is 11.4 Å². The minimum absolute atomic E-state index is 0.229. The Morgan fingerprint density at radius 2 is 1.84 bits per heavy atom. The zero-order chi connectivity index (χ0) is 26.1. The molecule has 1 saturated heterocycles. The van der Waals surface area contributed by atoms with Crippen molar-refractivity contribution in [1.82, 2.24) is 9.97 Å². The number of aromatic nitrogens is 2. The number of hydrogen-bond acceptors (Lipinski definition) is 6. The van der Waals surface area contributed by atoms with Gasteiger partial charge < -0.3 is 19.7 Å². The predicted octanol–water partition coefficient (Wildman–Crippen LogP) is 6.27. The molecule has 0 bridgehead atoms. The van der Waals surface area contributed by atoms with Crippen LogP contribution in [0, 0.1) is 18.6 Å². The normalized spacial score (nSPS) is 16.0. The van der Waals surface area contributed by atoms with Crippen LogP contribution in [0.1, 0.15) is 17.5 Å². The van der Waals surface area contributed by atoms with Crippen molar-refractivity contribution in [2.24, 2.45) is 0 Å². The Labute approximate surface area is 219 Å². The molecule has 0 unspecified atom stereocenters. The summed E-state index contributed by atoms with van der Waals surface area (Å²) in [5.74, 6) is -1.34. The number of anilines is 3. The Balaban J connectivity index is 1.54. The van der Waals surface area contributed by atoms with E-state index in [0.717, 1.165) is 48.1 Å². The van der Waals surface area contributed by atoms with Crippen LogP contribution in [-0.2, 0) is 9.47 Å². The van der Waals surface area contributed by atoms with Gasteiger partial charge in [-0.2, -0.15) is 0 Å². The van der Waals surface area contributed by atoms with E-state index in [1.165, 1.54) is 11.6 Å². The number of hydrogen-bond donors (Lipinski definition) is 1. The minimum atomic E-state index is -0.674. The molecule has 0 radical (unpaired) electrons. The number of rotatable bonds is 5. The second kappa shape index (κ2) is 10.5. The molecule has 2 aromatic heterocycles.